The highest BCUT2D eigenvalue weighted by Gasteiger charge is 2.30. The summed E-state index contributed by atoms with van der Waals surface area (Å²) in [7, 11) is 1.80. The molecule has 2 aromatic heterocycles. The monoisotopic (exact) mass is 539 g/mol. The molecule has 0 saturated carbocycles. The van der Waals surface area contributed by atoms with Crippen molar-refractivity contribution in [3.63, 3.8) is 0 Å². The van der Waals surface area contributed by atoms with Gasteiger partial charge in [0.2, 0.25) is 0 Å². The second-order valence-electron chi connectivity index (χ2n) is 8.92. The molecule has 1 N–H and O–H groups in total. The topological polar surface area (TPSA) is 72.2 Å². The number of amides is 1. The maximum absolute atomic E-state index is 13.2. The highest BCUT2D eigenvalue weighted by atomic mass is 79.9. The number of anilines is 1. The summed E-state index contributed by atoms with van der Waals surface area (Å²) < 4.78 is 42.6. The lowest BCUT2D eigenvalue weighted by atomic mass is 10.00. The summed E-state index contributed by atoms with van der Waals surface area (Å²) in [6, 6.07) is 4.87. The number of aryl methyl sites for hydroxylation is 1. The number of likely N-dealkylation sites (tertiary alicyclic amines) is 1. The number of carbonyl (C=O) groups is 1. The first-order valence-corrected chi connectivity index (χ1v) is 11.7. The van der Waals surface area contributed by atoms with Crippen LogP contribution < -0.4 is 10.9 Å². The molecule has 0 bridgehead atoms. The summed E-state index contributed by atoms with van der Waals surface area (Å²) in [6.07, 6.45) is 0.303. The molecule has 3 heterocycles. The van der Waals surface area contributed by atoms with Crippen molar-refractivity contribution in [1.29, 1.82) is 0 Å². The lowest BCUT2D eigenvalue weighted by Gasteiger charge is -2.31. The van der Waals surface area contributed by atoms with Gasteiger partial charge in [-0.3, -0.25) is 14.5 Å². The molecule has 0 spiro atoms. The first-order chi connectivity index (χ1) is 16.0. The highest BCUT2D eigenvalue weighted by Crippen LogP contribution is 2.27. The first-order valence-electron chi connectivity index (χ1n) is 10.9. The van der Waals surface area contributed by atoms with Gasteiger partial charge in [0.25, 0.3) is 11.5 Å². The summed E-state index contributed by atoms with van der Waals surface area (Å²) in [5.74, 6) is -0.297. The van der Waals surface area contributed by atoms with Crippen molar-refractivity contribution in [2.24, 2.45) is 13.0 Å². The van der Waals surface area contributed by atoms with Crippen molar-refractivity contribution in [3.05, 3.63) is 56.7 Å². The summed E-state index contributed by atoms with van der Waals surface area (Å²) in [4.78, 5) is 32.4. The largest absolute Gasteiger partial charge is 0.406 e. The molecule has 4 rings (SSSR count). The fourth-order valence-electron chi connectivity index (χ4n) is 4.43. The number of benzene rings is 1. The van der Waals surface area contributed by atoms with E-state index >= 15 is 0 Å². The smallest absolute Gasteiger partial charge is 0.334 e. The molecular formula is C23H25BrF3N5O2. The number of alkyl halides is 3. The van der Waals surface area contributed by atoms with E-state index in [9.17, 15) is 22.8 Å². The zero-order chi connectivity index (χ0) is 24.6. The van der Waals surface area contributed by atoms with E-state index in [-0.39, 0.29) is 5.56 Å². The van der Waals surface area contributed by atoms with Gasteiger partial charge in [-0.2, -0.15) is 13.2 Å². The molecule has 11 heteroatoms. The number of rotatable bonds is 5. The van der Waals surface area contributed by atoms with E-state index in [0.29, 0.717) is 38.3 Å². The molecule has 1 saturated heterocycles. The van der Waals surface area contributed by atoms with Gasteiger partial charge in [0, 0.05) is 30.8 Å². The fraction of sp³-hybridized carbons (Fsp3) is 0.435. The number of halogens is 4. The Morgan fingerprint density at radius 1 is 1.29 bits per heavy atom. The Balaban J connectivity index is 1.70. The molecule has 1 atom stereocenters. The third-order valence-corrected chi connectivity index (χ3v) is 6.38. The van der Waals surface area contributed by atoms with Gasteiger partial charge in [0.15, 0.2) is 0 Å². The minimum atomic E-state index is -4.60. The van der Waals surface area contributed by atoms with E-state index in [1.165, 1.54) is 12.3 Å². The van der Waals surface area contributed by atoms with Crippen LogP contribution in [0.25, 0.3) is 11.0 Å². The third kappa shape index (κ3) is 5.52. The highest BCUT2D eigenvalue weighted by molar-refractivity contribution is 9.10. The van der Waals surface area contributed by atoms with Crippen LogP contribution in [0.15, 0.2) is 40.0 Å². The number of pyridine rings is 1. The number of aromatic nitrogens is 3. The molecule has 1 aliphatic heterocycles. The van der Waals surface area contributed by atoms with Gasteiger partial charge >= 0.3 is 6.18 Å². The third-order valence-electron chi connectivity index (χ3n) is 5.93. The number of piperidine rings is 1. The van der Waals surface area contributed by atoms with Crippen LogP contribution >= 0.6 is 15.9 Å². The van der Waals surface area contributed by atoms with Crippen LogP contribution in [0.2, 0.25) is 0 Å². The molecule has 1 amide bonds. The van der Waals surface area contributed by atoms with Crippen molar-refractivity contribution >= 4 is 38.6 Å². The Kier molecular flexibility index (Phi) is 6.86. The van der Waals surface area contributed by atoms with Crippen LogP contribution in [-0.2, 0) is 20.1 Å². The fourth-order valence-corrected chi connectivity index (χ4v) is 4.87. The van der Waals surface area contributed by atoms with E-state index < -0.39 is 24.2 Å². The Morgan fingerprint density at radius 3 is 2.76 bits per heavy atom. The molecule has 0 radical (unpaired) electrons. The zero-order valence-electron chi connectivity index (χ0n) is 18.8. The maximum atomic E-state index is 13.2. The van der Waals surface area contributed by atoms with Gasteiger partial charge in [-0.25, -0.2) is 4.98 Å². The van der Waals surface area contributed by atoms with Gasteiger partial charge in [-0.15, -0.1) is 0 Å². The molecule has 182 valence electrons. The number of nitrogens with zero attached hydrogens (tertiary/aromatic N) is 4. The van der Waals surface area contributed by atoms with Crippen LogP contribution in [0.4, 0.5) is 18.9 Å². The SMILES string of the molecule is C[C@H]1CCCN(Cc2cc(C(=O)Nc3cc(Br)cc4c3ncn4C)c(=O)n(CC(F)(F)F)c2)C1. The molecular weight excluding hydrogens is 515 g/mol. The van der Waals surface area contributed by atoms with Gasteiger partial charge in [0.1, 0.15) is 17.6 Å². The molecule has 1 aromatic carbocycles. The molecule has 1 aliphatic rings. The Bertz CT molecular complexity index is 1280. The van der Waals surface area contributed by atoms with E-state index in [1.807, 2.05) is 6.07 Å². The molecule has 3 aromatic rings. The van der Waals surface area contributed by atoms with Crippen molar-refractivity contribution in [2.75, 3.05) is 18.4 Å². The van der Waals surface area contributed by atoms with Gasteiger partial charge in [-0.1, -0.05) is 22.9 Å². The van der Waals surface area contributed by atoms with Crippen molar-refractivity contribution < 1.29 is 18.0 Å². The normalized spacial score (nSPS) is 17.3. The average Bonchev–Trinajstić information content (AvgIpc) is 3.10. The van der Waals surface area contributed by atoms with E-state index in [1.54, 1.807) is 24.0 Å². The Morgan fingerprint density at radius 2 is 2.06 bits per heavy atom. The molecule has 0 unspecified atom stereocenters. The average molecular weight is 540 g/mol. The van der Waals surface area contributed by atoms with Crippen LogP contribution in [0.5, 0.6) is 0 Å². The van der Waals surface area contributed by atoms with Crippen LogP contribution in [0.3, 0.4) is 0 Å². The van der Waals surface area contributed by atoms with E-state index in [0.717, 1.165) is 31.4 Å². The lowest BCUT2D eigenvalue weighted by Crippen LogP contribution is -2.36. The van der Waals surface area contributed by atoms with Crippen LogP contribution in [0, 0.1) is 5.92 Å². The van der Waals surface area contributed by atoms with E-state index in [2.05, 4.69) is 38.1 Å². The molecule has 1 fully saturated rings. The quantitative estimate of drug-likeness (QED) is 0.516. The standard InChI is InChI=1S/C23H25BrF3N5O2/c1-14-4-3-5-31(9-14)10-15-6-17(22(34)32(11-15)12-23(25,26)27)21(33)29-18-7-16(24)8-19-20(18)28-13-30(19)2/h6-8,11,13-14H,3-5,9-10,12H2,1-2H3,(H,29,33)/t14-/m0/s1. The van der Waals surface area contributed by atoms with E-state index in [4.69, 9.17) is 0 Å². The minimum absolute atomic E-state index is 0.337. The summed E-state index contributed by atoms with van der Waals surface area (Å²) in [6.45, 7) is 2.67. The van der Waals surface area contributed by atoms with Gasteiger partial charge in [-0.05, 0) is 49.1 Å². The first kappa shape index (κ1) is 24.5. The lowest BCUT2D eigenvalue weighted by molar-refractivity contribution is -0.141. The van der Waals surface area contributed by atoms with Gasteiger partial charge in [0.05, 0.1) is 17.5 Å². The predicted molar refractivity (Wildman–Crippen MR) is 127 cm³/mol. The Labute approximate surface area is 202 Å². The summed E-state index contributed by atoms with van der Waals surface area (Å²) in [5, 5.41) is 2.67. The van der Waals surface area contributed by atoms with Crippen LogP contribution in [-0.4, -0.2) is 44.2 Å². The second-order valence-corrected chi connectivity index (χ2v) is 9.84. The number of carbonyl (C=O) groups excluding carboxylic acids is 1. The number of nitrogens with one attached hydrogen (secondary N) is 1. The zero-order valence-corrected chi connectivity index (χ0v) is 20.4. The minimum Gasteiger partial charge on any atom is -0.334 e. The number of imidazole rings is 1. The molecule has 0 aliphatic carbocycles. The van der Waals surface area contributed by atoms with Crippen LogP contribution in [0.1, 0.15) is 35.7 Å². The van der Waals surface area contributed by atoms with Crippen molar-refractivity contribution in [1.82, 2.24) is 19.0 Å². The van der Waals surface area contributed by atoms with Crippen molar-refractivity contribution in [2.45, 2.75) is 39.0 Å². The predicted octanol–water partition coefficient (Wildman–Crippen LogP) is 4.54. The molecule has 34 heavy (non-hydrogen) atoms. The maximum Gasteiger partial charge on any atom is 0.406 e. The number of hydrogen-bond acceptors (Lipinski definition) is 4. The second kappa shape index (κ2) is 9.53. The summed E-state index contributed by atoms with van der Waals surface area (Å²) >= 11 is 3.39. The van der Waals surface area contributed by atoms with Crippen molar-refractivity contribution in [3.8, 4) is 0 Å². The Hall–Kier alpha value is -2.66. The number of fused-ring (bicyclic) bond motifs is 1. The van der Waals surface area contributed by atoms with Gasteiger partial charge < -0.3 is 14.5 Å². The number of hydrogen-bond donors (Lipinski definition) is 1. The summed E-state index contributed by atoms with van der Waals surface area (Å²) in [5.41, 5.74) is 0.765. The molecule has 7 nitrogen and oxygen atoms in total.